The second-order valence-electron chi connectivity index (χ2n) is 5.81. The van der Waals surface area contributed by atoms with Crippen molar-refractivity contribution in [3.63, 3.8) is 0 Å². The van der Waals surface area contributed by atoms with Crippen LogP contribution in [0.5, 0.6) is 0 Å². The van der Waals surface area contributed by atoms with Gasteiger partial charge in [0.1, 0.15) is 0 Å². The Morgan fingerprint density at radius 1 is 1.30 bits per heavy atom. The molecule has 0 bridgehead atoms. The van der Waals surface area contributed by atoms with Gasteiger partial charge in [0.15, 0.2) is 5.76 Å². The summed E-state index contributed by atoms with van der Waals surface area (Å²) in [6.45, 7) is 11.3. The Balaban J connectivity index is 2.09. The van der Waals surface area contributed by atoms with Gasteiger partial charge in [-0.2, -0.15) is 5.10 Å². The molecule has 5 heteroatoms. The van der Waals surface area contributed by atoms with E-state index in [0.717, 1.165) is 29.4 Å². The maximum atomic E-state index is 5.41. The minimum atomic E-state index is 0.279. The number of hydrogen-bond acceptors (Lipinski definition) is 4. The Labute approximate surface area is 120 Å². The van der Waals surface area contributed by atoms with Gasteiger partial charge in [-0.3, -0.25) is 10.00 Å². The third-order valence-electron chi connectivity index (χ3n) is 3.84. The lowest BCUT2D eigenvalue weighted by molar-refractivity contribution is 0.219. The maximum Gasteiger partial charge on any atom is 0.150 e. The highest BCUT2D eigenvalue weighted by molar-refractivity contribution is 5.26. The second-order valence-corrected chi connectivity index (χ2v) is 5.81. The van der Waals surface area contributed by atoms with Crippen LogP contribution in [-0.4, -0.2) is 27.3 Å². The summed E-state index contributed by atoms with van der Waals surface area (Å²) in [7, 11) is 2.09. The van der Waals surface area contributed by atoms with Crippen molar-refractivity contribution in [3.8, 4) is 0 Å². The summed E-state index contributed by atoms with van der Waals surface area (Å²) in [6, 6.07) is 2.32. The third kappa shape index (κ3) is 2.93. The summed E-state index contributed by atoms with van der Waals surface area (Å²) in [5, 5.41) is 11.4. The average Bonchev–Trinajstić information content (AvgIpc) is 2.96. The Hall–Kier alpha value is -1.62. The number of H-pyrrole nitrogens is 1. The summed E-state index contributed by atoms with van der Waals surface area (Å²) in [4.78, 5) is 2.25. The van der Waals surface area contributed by atoms with E-state index in [1.165, 1.54) is 5.56 Å². The molecule has 20 heavy (non-hydrogen) atoms. The molecule has 0 radical (unpaired) electrons. The third-order valence-corrected chi connectivity index (χ3v) is 3.84. The predicted octanol–water partition coefficient (Wildman–Crippen LogP) is 3.33. The van der Waals surface area contributed by atoms with Gasteiger partial charge in [-0.05, 0) is 33.7 Å². The van der Waals surface area contributed by atoms with Crippen molar-refractivity contribution in [2.75, 3.05) is 7.05 Å². The molecule has 5 nitrogen and oxygen atoms in total. The van der Waals surface area contributed by atoms with Crippen LogP contribution in [-0.2, 0) is 6.54 Å². The fourth-order valence-corrected chi connectivity index (χ4v) is 2.45. The molecule has 0 amide bonds. The van der Waals surface area contributed by atoms with Gasteiger partial charge < -0.3 is 4.52 Å². The zero-order valence-corrected chi connectivity index (χ0v) is 13.2. The van der Waals surface area contributed by atoms with Crippen molar-refractivity contribution >= 4 is 0 Å². The van der Waals surface area contributed by atoms with E-state index in [2.05, 4.69) is 55.0 Å². The molecule has 0 aliphatic carbocycles. The van der Waals surface area contributed by atoms with Gasteiger partial charge in [0.2, 0.25) is 0 Å². The molecule has 2 aromatic rings. The van der Waals surface area contributed by atoms with Gasteiger partial charge in [-0.25, -0.2) is 0 Å². The van der Waals surface area contributed by atoms with Crippen LogP contribution in [0.15, 0.2) is 10.6 Å². The Morgan fingerprint density at radius 2 is 2.00 bits per heavy atom. The van der Waals surface area contributed by atoms with Crippen molar-refractivity contribution in [1.29, 1.82) is 0 Å². The number of aromatic amines is 1. The first-order valence-electron chi connectivity index (χ1n) is 7.07. The van der Waals surface area contributed by atoms with Crippen molar-refractivity contribution in [2.45, 2.75) is 53.1 Å². The van der Waals surface area contributed by atoms with E-state index in [1.54, 1.807) is 0 Å². The Bertz CT molecular complexity index is 551. The molecule has 0 spiro atoms. The summed E-state index contributed by atoms with van der Waals surface area (Å²) >= 11 is 0. The topological polar surface area (TPSA) is 58.0 Å². The molecule has 1 N–H and O–H groups in total. The molecule has 2 heterocycles. The quantitative estimate of drug-likeness (QED) is 0.910. The molecular weight excluding hydrogens is 252 g/mol. The number of nitrogens with zero attached hydrogens (tertiary/aromatic N) is 3. The molecule has 0 saturated heterocycles. The minimum absolute atomic E-state index is 0.279. The summed E-state index contributed by atoms with van der Waals surface area (Å²) in [5.74, 6) is 1.30. The van der Waals surface area contributed by atoms with E-state index < -0.39 is 0 Å². The van der Waals surface area contributed by atoms with Gasteiger partial charge in [-0.1, -0.05) is 19.0 Å². The molecule has 110 valence electrons. The van der Waals surface area contributed by atoms with Crippen LogP contribution < -0.4 is 0 Å². The predicted molar refractivity (Wildman–Crippen MR) is 78.5 cm³/mol. The van der Waals surface area contributed by atoms with Gasteiger partial charge in [0.25, 0.3) is 0 Å². The molecule has 2 rings (SSSR count). The van der Waals surface area contributed by atoms with Gasteiger partial charge in [-0.15, -0.1) is 0 Å². The SMILES string of the molecule is Cc1n[nH]c(C)c1[C@@H](C)N(C)Cc1cc(C(C)C)no1. The van der Waals surface area contributed by atoms with Crippen LogP contribution >= 0.6 is 0 Å². The summed E-state index contributed by atoms with van der Waals surface area (Å²) in [5.41, 5.74) is 4.46. The Kier molecular flexibility index (Phi) is 4.28. The van der Waals surface area contributed by atoms with Gasteiger partial charge >= 0.3 is 0 Å². The molecule has 0 unspecified atom stereocenters. The van der Waals surface area contributed by atoms with Crippen LogP contribution in [0, 0.1) is 13.8 Å². The largest absolute Gasteiger partial charge is 0.360 e. The Morgan fingerprint density at radius 3 is 2.50 bits per heavy atom. The summed E-state index contributed by atoms with van der Waals surface area (Å²) in [6.07, 6.45) is 0. The zero-order chi connectivity index (χ0) is 14.9. The summed E-state index contributed by atoms with van der Waals surface area (Å²) < 4.78 is 5.41. The normalized spacial score (nSPS) is 13.4. The molecular formula is C15H24N4O. The first kappa shape index (κ1) is 14.8. The first-order valence-corrected chi connectivity index (χ1v) is 7.07. The minimum Gasteiger partial charge on any atom is -0.360 e. The van der Waals surface area contributed by atoms with Crippen molar-refractivity contribution in [1.82, 2.24) is 20.3 Å². The van der Waals surface area contributed by atoms with E-state index >= 15 is 0 Å². The van der Waals surface area contributed by atoms with E-state index in [9.17, 15) is 0 Å². The molecule has 0 saturated carbocycles. The highest BCUT2D eigenvalue weighted by Crippen LogP contribution is 2.25. The van der Waals surface area contributed by atoms with E-state index in [-0.39, 0.29) is 6.04 Å². The highest BCUT2D eigenvalue weighted by Gasteiger charge is 2.20. The van der Waals surface area contributed by atoms with E-state index in [1.807, 2.05) is 13.0 Å². The van der Waals surface area contributed by atoms with E-state index in [0.29, 0.717) is 5.92 Å². The molecule has 2 aromatic heterocycles. The monoisotopic (exact) mass is 276 g/mol. The number of rotatable bonds is 5. The number of hydrogen-bond donors (Lipinski definition) is 1. The standard InChI is InChI=1S/C15H24N4O/c1-9(2)14-7-13(20-18-14)8-19(6)12(5)15-10(3)16-17-11(15)4/h7,9,12H,8H2,1-6H3,(H,16,17)/t12-/m1/s1. The molecule has 0 fully saturated rings. The van der Waals surface area contributed by atoms with Gasteiger partial charge in [0.05, 0.1) is 17.9 Å². The van der Waals surface area contributed by atoms with Crippen LogP contribution in [0.25, 0.3) is 0 Å². The fraction of sp³-hybridized carbons (Fsp3) is 0.600. The average molecular weight is 276 g/mol. The van der Waals surface area contributed by atoms with E-state index in [4.69, 9.17) is 4.52 Å². The molecule has 1 atom stereocenters. The zero-order valence-electron chi connectivity index (χ0n) is 13.2. The van der Waals surface area contributed by atoms with Crippen LogP contribution in [0.3, 0.4) is 0 Å². The van der Waals surface area contributed by atoms with Crippen LogP contribution in [0.4, 0.5) is 0 Å². The molecule has 0 aliphatic heterocycles. The second kappa shape index (κ2) is 5.79. The van der Waals surface area contributed by atoms with Gasteiger partial charge in [0, 0.05) is 23.4 Å². The lowest BCUT2D eigenvalue weighted by Crippen LogP contribution is -2.22. The lowest BCUT2D eigenvalue weighted by atomic mass is 10.1. The van der Waals surface area contributed by atoms with Crippen molar-refractivity contribution in [3.05, 3.63) is 34.5 Å². The number of aryl methyl sites for hydroxylation is 2. The highest BCUT2D eigenvalue weighted by atomic mass is 16.5. The first-order chi connectivity index (χ1) is 9.40. The van der Waals surface area contributed by atoms with Crippen molar-refractivity contribution in [2.24, 2.45) is 0 Å². The smallest absolute Gasteiger partial charge is 0.150 e. The molecule has 0 aromatic carbocycles. The van der Waals surface area contributed by atoms with Crippen molar-refractivity contribution < 1.29 is 4.52 Å². The van der Waals surface area contributed by atoms with Crippen LogP contribution in [0.1, 0.15) is 61.1 Å². The number of nitrogens with one attached hydrogen (secondary N) is 1. The fourth-order valence-electron chi connectivity index (χ4n) is 2.45. The molecule has 0 aliphatic rings. The lowest BCUT2D eigenvalue weighted by Gasteiger charge is -2.24. The van der Waals surface area contributed by atoms with Crippen LogP contribution in [0.2, 0.25) is 0 Å². The number of aromatic nitrogens is 3. The maximum absolute atomic E-state index is 5.41.